The Morgan fingerprint density at radius 3 is 2.81 bits per heavy atom. The molecule has 5 rings (SSSR count). The molecule has 27 heavy (non-hydrogen) atoms. The summed E-state index contributed by atoms with van der Waals surface area (Å²) >= 11 is 0. The number of carbonyl (C=O) groups is 1. The zero-order chi connectivity index (χ0) is 18.6. The molecule has 0 bridgehead atoms. The van der Waals surface area contributed by atoms with Gasteiger partial charge in [-0.25, -0.2) is 15.0 Å². The third kappa shape index (κ3) is 2.19. The van der Waals surface area contributed by atoms with Crippen LogP contribution in [0.25, 0.3) is 11.1 Å². The molecule has 1 aromatic carbocycles. The summed E-state index contributed by atoms with van der Waals surface area (Å²) in [6.45, 7) is 1.01. The topological polar surface area (TPSA) is 103 Å². The fourth-order valence-corrected chi connectivity index (χ4v) is 4.25. The Hall–Kier alpha value is -3.00. The quantitative estimate of drug-likeness (QED) is 0.806. The smallest absolute Gasteiger partial charge is 0.262 e. The Bertz CT molecular complexity index is 948. The normalized spacial score (nSPS) is 29.1. The lowest BCUT2D eigenvalue weighted by Gasteiger charge is -2.45. The third-order valence-electron chi connectivity index (χ3n) is 5.66. The van der Waals surface area contributed by atoms with Crippen LogP contribution in [0.1, 0.15) is 12.0 Å². The maximum Gasteiger partial charge on any atom is 0.262 e. The number of guanidine groups is 1. The van der Waals surface area contributed by atoms with Gasteiger partial charge in [-0.15, -0.1) is 0 Å². The molecule has 2 N–H and O–H groups in total. The van der Waals surface area contributed by atoms with Gasteiger partial charge >= 0.3 is 0 Å². The van der Waals surface area contributed by atoms with Gasteiger partial charge in [0, 0.05) is 37.0 Å². The van der Waals surface area contributed by atoms with Crippen LogP contribution in [0.2, 0.25) is 0 Å². The summed E-state index contributed by atoms with van der Waals surface area (Å²) in [5.74, 6) is 0.508. The number of likely N-dealkylation sites (N-methyl/N-ethyl adjacent to an activating group) is 1. The highest BCUT2D eigenvalue weighted by molar-refractivity contribution is 6.07. The van der Waals surface area contributed by atoms with Crippen LogP contribution in [0.15, 0.2) is 41.9 Å². The Kier molecular flexibility index (Phi) is 3.45. The number of amides is 1. The lowest BCUT2D eigenvalue weighted by Crippen LogP contribution is -2.56. The van der Waals surface area contributed by atoms with E-state index in [0.29, 0.717) is 30.9 Å². The van der Waals surface area contributed by atoms with Crippen molar-refractivity contribution >= 4 is 11.9 Å². The largest absolute Gasteiger partial charge is 0.489 e. The summed E-state index contributed by atoms with van der Waals surface area (Å²) in [6.07, 6.45) is 5.53. The number of aromatic nitrogens is 2. The monoisotopic (exact) mass is 365 g/mol. The van der Waals surface area contributed by atoms with Gasteiger partial charge in [0.25, 0.3) is 5.91 Å². The van der Waals surface area contributed by atoms with Crippen LogP contribution in [-0.4, -0.2) is 53.1 Å². The predicted molar refractivity (Wildman–Crippen MR) is 96.9 cm³/mol. The summed E-state index contributed by atoms with van der Waals surface area (Å²) in [7, 11) is 1.65. The van der Waals surface area contributed by atoms with E-state index in [0.717, 1.165) is 11.1 Å². The second kappa shape index (κ2) is 5.75. The fraction of sp³-hybridized carbons (Fsp3) is 0.368. The minimum atomic E-state index is -1.12. The van der Waals surface area contributed by atoms with Crippen LogP contribution in [0.5, 0.6) is 5.75 Å². The second-order valence-corrected chi connectivity index (χ2v) is 7.07. The summed E-state index contributed by atoms with van der Waals surface area (Å²) in [6, 6.07) is 5.77. The molecule has 0 aliphatic carbocycles. The Labute approximate surface area is 156 Å². The molecule has 8 heteroatoms. The number of nitrogens with two attached hydrogens (primary N) is 1. The van der Waals surface area contributed by atoms with E-state index in [1.807, 2.05) is 18.2 Å². The highest BCUT2D eigenvalue weighted by Gasteiger charge is 2.60. The lowest BCUT2D eigenvalue weighted by atomic mass is 9.71. The molecule has 0 saturated carbocycles. The van der Waals surface area contributed by atoms with Gasteiger partial charge in [0.1, 0.15) is 18.2 Å². The summed E-state index contributed by atoms with van der Waals surface area (Å²) in [5, 5.41) is 0. The highest BCUT2D eigenvalue weighted by Crippen LogP contribution is 2.51. The standard InChI is InChI=1S/C19H19N5O3/c1-24-17(25)19(23-18(24)20)13-6-11(12-7-21-10-22-8-12)2-3-15(13)27-16-4-5-26-9-14(16)19/h2-3,6-8,10,14,16H,4-5,9H2,1H3,(H2,20,23)/t14-,16-,19-/m0/s1. The van der Waals surface area contributed by atoms with Crippen LogP contribution in [-0.2, 0) is 15.1 Å². The first-order valence-corrected chi connectivity index (χ1v) is 8.89. The van der Waals surface area contributed by atoms with E-state index >= 15 is 0 Å². The van der Waals surface area contributed by atoms with E-state index in [2.05, 4.69) is 15.0 Å². The van der Waals surface area contributed by atoms with Gasteiger partial charge in [0.05, 0.1) is 19.1 Å². The van der Waals surface area contributed by atoms with Crippen molar-refractivity contribution in [2.45, 2.75) is 18.1 Å². The van der Waals surface area contributed by atoms with Gasteiger partial charge in [0.15, 0.2) is 11.5 Å². The highest BCUT2D eigenvalue weighted by atomic mass is 16.5. The van der Waals surface area contributed by atoms with Crippen LogP contribution in [0.3, 0.4) is 0 Å². The van der Waals surface area contributed by atoms with E-state index in [4.69, 9.17) is 15.2 Å². The van der Waals surface area contributed by atoms with E-state index in [9.17, 15) is 4.79 Å². The van der Waals surface area contributed by atoms with Crippen molar-refractivity contribution in [3.63, 3.8) is 0 Å². The molecule has 3 aliphatic rings. The van der Waals surface area contributed by atoms with Crippen LogP contribution >= 0.6 is 0 Å². The third-order valence-corrected chi connectivity index (χ3v) is 5.66. The first-order valence-electron chi connectivity index (χ1n) is 8.89. The number of ether oxygens (including phenoxy) is 2. The number of nitrogens with zero attached hydrogens (tertiary/aromatic N) is 4. The van der Waals surface area contributed by atoms with Crippen molar-refractivity contribution in [3.8, 4) is 16.9 Å². The number of aliphatic imine (C=N–C) groups is 1. The number of rotatable bonds is 1. The number of carbonyl (C=O) groups excluding carboxylic acids is 1. The van der Waals surface area contributed by atoms with E-state index < -0.39 is 5.54 Å². The zero-order valence-corrected chi connectivity index (χ0v) is 14.8. The molecule has 1 fully saturated rings. The Morgan fingerprint density at radius 1 is 1.26 bits per heavy atom. The molecule has 1 aromatic heterocycles. The molecule has 1 spiro atoms. The summed E-state index contributed by atoms with van der Waals surface area (Å²) in [5.41, 5.74) is 7.40. The number of fused-ring (bicyclic) bond motifs is 4. The minimum absolute atomic E-state index is 0.135. The molecule has 3 aliphatic heterocycles. The van der Waals surface area contributed by atoms with Crippen LogP contribution in [0.4, 0.5) is 0 Å². The first kappa shape index (κ1) is 16.2. The summed E-state index contributed by atoms with van der Waals surface area (Å²) < 4.78 is 11.9. The van der Waals surface area contributed by atoms with Gasteiger partial charge in [-0.2, -0.15) is 0 Å². The molecule has 1 saturated heterocycles. The van der Waals surface area contributed by atoms with Crippen molar-refractivity contribution in [1.82, 2.24) is 14.9 Å². The SMILES string of the molecule is CN1C(=O)[C@]2(N=C1N)c1cc(-c3cncnc3)ccc1O[C@H]1CCOC[C@@H]12. The molecule has 0 radical (unpaired) electrons. The molecule has 1 amide bonds. The number of hydrogen-bond donors (Lipinski definition) is 1. The van der Waals surface area contributed by atoms with Crippen molar-refractivity contribution in [2.75, 3.05) is 20.3 Å². The van der Waals surface area contributed by atoms with E-state index in [1.165, 1.54) is 11.2 Å². The zero-order valence-electron chi connectivity index (χ0n) is 14.8. The van der Waals surface area contributed by atoms with Crippen molar-refractivity contribution < 1.29 is 14.3 Å². The van der Waals surface area contributed by atoms with Crippen LogP contribution < -0.4 is 10.5 Å². The van der Waals surface area contributed by atoms with Gasteiger partial charge in [-0.3, -0.25) is 9.69 Å². The first-order chi connectivity index (χ1) is 13.1. The minimum Gasteiger partial charge on any atom is -0.489 e. The molecular formula is C19H19N5O3. The van der Waals surface area contributed by atoms with Crippen molar-refractivity contribution in [3.05, 3.63) is 42.5 Å². The predicted octanol–water partition coefficient (Wildman–Crippen LogP) is 0.923. The lowest BCUT2D eigenvalue weighted by molar-refractivity contribution is -0.141. The molecule has 8 nitrogen and oxygen atoms in total. The average Bonchev–Trinajstić information content (AvgIpc) is 2.94. The van der Waals surface area contributed by atoms with Gasteiger partial charge in [0.2, 0.25) is 0 Å². The summed E-state index contributed by atoms with van der Waals surface area (Å²) in [4.78, 5) is 27.6. The van der Waals surface area contributed by atoms with Crippen LogP contribution in [0, 0.1) is 5.92 Å². The maximum atomic E-state index is 13.4. The van der Waals surface area contributed by atoms with Crippen molar-refractivity contribution in [2.24, 2.45) is 16.6 Å². The molecule has 3 atom stereocenters. The second-order valence-electron chi connectivity index (χ2n) is 7.07. The maximum absolute atomic E-state index is 13.4. The van der Waals surface area contributed by atoms with Crippen molar-refractivity contribution in [1.29, 1.82) is 0 Å². The molecule has 138 valence electrons. The van der Waals surface area contributed by atoms with Gasteiger partial charge in [-0.05, 0) is 17.7 Å². The molecular weight excluding hydrogens is 346 g/mol. The number of hydrogen-bond acceptors (Lipinski definition) is 7. The molecule has 2 aromatic rings. The van der Waals surface area contributed by atoms with Gasteiger partial charge in [-0.1, -0.05) is 6.07 Å². The Morgan fingerprint density at radius 2 is 2.07 bits per heavy atom. The fourth-order valence-electron chi connectivity index (χ4n) is 4.25. The molecule has 0 unspecified atom stereocenters. The number of benzene rings is 1. The molecule has 4 heterocycles. The van der Waals surface area contributed by atoms with E-state index in [1.54, 1.807) is 19.4 Å². The van der Waals surface area contributed by atoms with Gasteiger partial charge < -0.3 is 15.2 Å². The average molecular weight is 365 g/mol. The van der Waals surface area contributed by atoms with E-state index in [-0.39, 0.29) is 23.9 Å². The Balaban J connectivity index is 1.73.